The van der Waals surface area contributed by atoms with Crippen LogP contribution in [0.2, 0.25) is 0 Å². The minimum atomic E-state index is -0.0856. The van der Waals surface area contributed by atoms with Crippen molar-refractivity contribution in [1.29, 1.82) is 0 Å². The quantitative estimate of drug-likeness (QED) is 0.771. The lowest BCUT2D eigenvalue weighted by Gasteiger charge is -2.35. The second kappa shape index (κ2) is 7.59. The van der Waals surface area contributed by atoms with Gasteiger partial charge in [-0.1, -0.05) is 0 Å². The number of ether oxygens (including phenoxy) is 1. The van der Waals surface area contributed by atoms with Gasteiger partial charge in [0.1, 0.15) is 23.4 Å². The molecular formula is C20H21N5O2. The second-order valence-electron chi connectivity index (χ2n) is 6.43. The number of benzene rings is 1. The number of hydrogen-bond donors (Lipinski definition) is 1. The number of pyridine rings is 1. The lowest BCUT2D eigenvalue weighted by atomic mass is 10.1. The summed E-state index contributed by atoms with van der Waals surface area (Å²) in [6, 6.07) is 10.8. The van der Waals surface area contributed by atoms with Gasteiger partial charge in [0.15, 0.2) is 0 Å². The van der Waals surface area contributed by atoms with E-state index in [-0.39, 0.29) is 11.9 Å². The fourth-order valence-electron chi connectivity index (χ4n) is 3.25. The van der Waals surface area contributed by atoms with Gasteiger partial charge in [0.05, 0.1) is 6.20 Å². The Morgan fingerprint density at radius 1 is 1.19 bits per heavy atom. The number of rotatable bonds is 4. The summed E-state index contributed by atoms with van der Waals surface area (Å²) in [6.45, 7) is 2.11. The minimum Gasteiger partial charge on any atom is -0.456 e. The Bertz CT molecular complexity index is 908. The molecule has 1 aliphatic heterocycles. The first-order chi connectivity index (χ1) is 13.2. The maximum absolute atomic E-state index is 13.1. The van der Waals surface area contributed by atoms with Crippen LogP contribution in [0.3, 0.4) is 0 Å². The lowest BCUT2D eigenvalue weighted by Crippen LogP contribution is -2.49. The number of nitrogens with zero attached hydrogens (tertiary/aromatic N) is 4. The van der Waals surface area contributed by atoms with Crippen LogP contribution in [0.5, 0.6) is 11.5 Å². The molecule has 0 bridgehead atoms. The Kier molecular flexibility index (Phi) is 4.84. The second-order valence-corrected chi connectivity index (χ2v) is 6.43. The van der Waals surface area contributed by atoms with Crippen molar-refractivity contribution in [3.05, 3.63) is 72.6 Å². The van der Waals surface area contributed by atoms with Crippen LogP contribution < -0.4 is 10.1 Å². The largest absolute Gasteiger partial charge is 0.456 e. The van der Waals surface area contributed by atoms with Gasteiger partial charge in [0.2, 0.25) is 0 Å². The summed E-state index contributed by atoms with van der Waals surface area (Å²) in [5, 5.41) is 3.35. The van der Waals surface area contributed by atoms with Crippen molar-refractivity contribution >= 4 is 5.91 Å². The van der Waals surface area contributed by atoms with Crippen LogP contribution in [-0.2, 0) is 7.05 Å². The van der Waals surface area contributed by atoms with Gasteiger partial charge in [0, 0.05) is 50.8 Å². The van der Waals surface area contributed by atoms with Crippen LogP contribution in [0, 0.1) is 0 Å². The van der Waals surface area contributed by atoms with Gasteiger partial charge in [-0.15, -0.1) is 0 Å². The first-order valence-electron chi connectivity index (χ1n) is 8.89. The molecule has 7 nitrogen and oxygen atoms in total. The zero-order valence-electron chi connectivity index (χ0n) is 15.1. The van der Waals surface area contributed by atoms with E-state index in [1.165, 1.54) is 0 Å². The third-order valence-electron chi connectivity index (χ3n) is 4.63. The smallest absolute Gasteiger partial charge is 0.254 e. The van der Waals surface area contributed by atoms with E-state index in [2.05, 4.69) is 15.3 Å². The molecule has 27 heavy (non-hydrogen) atoms. The first kappa shape index (κ1) is 17.2. The zero-order chi connectivity index (χ0) is 18.6. The van der Waals surface area contributed by atoms with E-state index in [1.807, 2.05) is 34.8 Å². The van der Waals surface area contributed by atoms with Crippen molar-refractivity contribution < 1.29 is 9.53 Å². The molecule has 1 aromatic carbocycles. The van der Waals surface area contributed by atoms with E-state index < -0.39 is 0 Å². The van der Waals surface area contributed by atoms with Crippen molar-refractivity contribution in [3.8, 4) is 11.5 Å². The number of imidazole rings is 1. The van der Waals surface area contributed by atoms with Crippen LogP contribution in [0.4, 0.5) is 0 Å². The van der Waals surface area contributed by atoms with Gasteiger partial charge < -0.3 is 19.5 Å². The molecule has 3 aromatic rings. The van der Waals surface area contributed by atoms with Gasteiger partial charge in [-0.25, -0.2) is 4.98 Å². The molecule has 7 heteroatoms. The van der Waals surface area contributed by atoms with E-state index in [0.29, 0.717) is 30.2 Å². The topological polar surface area (TPSA) is 72.3 Å². The zero-order valence-corrected chi connectivity index (χ0v) is 15.1. The molecule has 1 unspecified atom stereocenters. The van der Waals surface area contributed by atoms with Gasteiger partial charge in [-0.05, 0) is 36.4 Å². The first-order valence-corrected chi connectivity index (χ1v) is 8.89. The number of carbonyl (C=O) groups is 1. The molecule has 1 atom stereocenters. The fraction of sp³-hybridized carbons (Fsp3) is 0.250. The maximum Gasteiger partial charge on any atom is 0.254 e. The molecule has 1 aliphatic rings. The fourth-order valence-corrected chi connectivity index (χ4v) is 3.25. The third-order valence-corrected chi connectivity index (χ3v) is 4.63. The van der Waals surface area contributed by atoms with Gasteiger partial charge in [0.25, 0.3) is 5.91 Å². The molecule has 1 N–H and O–H groups in total. The summed E-state index contributed by atoms with van der Waals surface area (Å²) in [5.74, 6) is 2.21. The van der Waals surface area contributed by atoms with Crippen molar-refractivity contribution in [1.82, 2.24) is 24.8 Å². The molecule has 0 radical (unpaired) electrons. The summed E-state index contributed by atoms with van der Waals surface area (Å²) in [5.41, 5.74) is 0.634. The van der Waals surface area contributed by atoms with Gasteiger partial charge in [-0.2, -0.15) is 0 Å². The number of aryl methyl sites for hydroxylation is 1. The average molecular weight is 363 g/mol. The normalized spacial score (nSPS) is 16.9. The SMILES string of the molecule is Cn1ccnc1C1CNCCN1C(=O)c1ccc(Oc2cccnc2)cc1. The predicted octanol–water partition coefficient (Wildman–Crippen LogP) is 2.39. The molecule has 1 fully saturated rings. The summed E-state index contributed by atoms with van der Waals surface area (Å²) >= 11 is 0. The van der Waals surface area contributed by atoms with E-state index in [0.717, 1.165) is 12.4 Å². The van der Waals surface area contributed by atoms with Crippen molar-refractivity contribution in [3.63, 3.8) is 0 Å². The van der Waals surface area contributed by atoms with Crippen molar-refractivity contribution in [2.75, 3.05) is 19.6 Å². The molecule has 1 saturated heterocycles. The monoisotopic (exact) mass is 363 g/mol. The highest BCUT2D eigenvalue weighted by Crippen LogP contribution is 2.25. The molecule has 4 rings (SSSR count). The van der Waals surface area contributed by atoms with Crippen LogP contribution in [0.15, 0.2) is 61.2 Å². The Hall–Kier alpha value is -3.19. The summed E-state index contributed by atoms with van der Waals surface area (Å²) in [6.07, 6.45) is 7.01. The molecule has 1 amide bonds. The number of piperazine rings is 1. The average Bonchev–Trinajstić information content (AvgIpc) is 3.14. The molecular weight excluding hydrogens is 342 g/mol. The summed E-state index contributed by atoms with van der Waals surface area (Å²) in [7, 11) is 1.95. The highest BCUT2D eigenvalue weighted by Gasteiger charge is 2.30. The maximum atomic E-state index is 13.1. The molecule has 0 spiro atoms. The highest BCUT2D eigenvalue weighted by atomic mass is 16.5. The summed E-state index contributed by atoms with van der Waals surface area (Å²) < 4.78 is 7.70. The van der Waals surface area contributed by atoms with Crippen LogP contribution >= 0.6 is 0 Å². The molecule has 3 heterocycles. The van der Waals surface area contributed by atoms with Crippen LogP contribution in [0.25, 0.3) is 0 Å². The lowest BCUT2D eigenvalue weighted by molar-refractivity contribution is 0.0621. The number of aromatic nitrogens is 3. The predicted molar refractivity (Wildman–Crippen MR) is 101 cm³/mol. The minimum absolute atomic E-state index is 0.00238. The standard InChI is InChI=1S/C20H21N5O2/c1-24-11-10-23-19(24)18-14-22-9-12-25(18)20(26)15-4-6-16(7-5-15)27-17-3-2-8-21-13-17/h2-8,10-11,13,18,22H,9,12,14H2,1H3. The van der Waals surface area contributed by atoms with Crippen molar-refractivity contribution in [2.45, 2.75) is 6.04 Å². The van der Waals surface area contributed by atoms with E-state index in [4.69, 9.17) is 4.74 Å². The number of nitrogens with one attached hydrogen (secondary N) is 1. The molecule has 138 valence electrons. The Morgan fingerprint density at radius 3 is 2.74 bits per heavy atom. The molecule has 0 saturated carbocycles. The Morgan fingerprint density at radius 2 is 2.04 bits per heavy atom. The molecule has 0 aliphatic carbocycles. The van der Waals surface area contributed by atoms with E-state index in [9.17, 15) is 4.79 Å². The highest BCUT2D eigenvalue weighted by molar-refractivity contribution is 5.94. The number of hydrogen-bond acceptors (Lipinski definition) is 5. The van der Waals surface area contributed by atoms with E-state index >= 15 is 0 Å². The Labute approximate surface area is 157 Å². The van der Waals surface area contributed by atoms with Crippen LogP contribution in [0.1, 0.15) is 22.2 Å². The van der Waals surface area contributed by atoms with Crippen LogP contribution in [-0.4, -0.2) is 45.0 Å². The number of carbonyl (C=O) groups excluding carboxylic acids is 1. The van der Waals surface area contributed by atoms with Gasteiger partial charge >= 0.3 is 0 Å². The van der Waals surface area contributed by atoms with E-state index in [1.54, 1.807) is 42.9 Å². The third kappa shape index (κ3) is 3.68. The van der Waals surface area contributed by atoms with Crippen molar-refractivity contribution in [2.24, 2.45) is 7.05 Å². The number of amides is 1. The van der Waals surface area contributed by atoms with Gasteiger partial charge in [-0.3, -0.25) is 9.78 Å². The Balaban J connectivity index is 1.52. The molecule has 2 aromatic heterocycles. The summed E-state index contributed by atoms with van der Waals surface area (Å²) in [4.78, 5) is 23.4.